The van der Waals surface area contributed by atoms with Crippen molar-refractivity contribution in [2.24, 2.45) is 0 Å². The molecule has 2 atom stereocenters. The van der Waals surface area contributed by atoms with Crippen molar-refractivity contribution in [2.45, 2.75) is 49.6 Å². The first-order valence-electron chi connectivity index (χ1n) is 8.14. The first kappa shape index (κ1) is 15.7. The van der Waals surface area contributed by atoms with Crippen molar-refractivity contribution in [3.63, 3.8) is 0 Å². The maximum atomic E-state index is 13.0. The number of hydrogen-bond donors (Lipinski definition) is 0. The van der Waals surface area contributed by atoms with Gasteiger partial charge in [-0.3, -0.25) is 0 Å². The number of fused-ring (bicyclic) bond motifs is 2. The van der Waals surface area contributed by atoms with Gasteiger partial charge in [-0.25, -0.2) is 12.8 Å². The van der Waals surface area contributed by atoms with E-state index in [0.29, 0.717) is 5.56 Å². The second-order valence-electron chi connectivity index (χ2n) is 6.57. The third-order valence-electron chi connectivity index (χ3n) is 4.99. The highest BCUT2D eigenvalue weighted by Crippen LogP contribution is 2.42. The van der Waals surface area contributed by atoms with Crippen LogP contribution in [0.25, 0.3) is 0 Å². The summed E-state index contributed by atoms with van der Waals surface area (Å²) in [6, 6.07) is 5.85. The topological polar surface area (TPSA) is 68.1 Å². The van der Waals surface area contributed by atoms with Crippen LogP contribution in [-0.2, 0) is 15.8 Å². The zero-order valence-electron chi connectivity index (χ0n) is 13.1. The summed E-state index contributed by atoms with van der Waals surface area (Å²) < 4.78 is 40.5. The fourth-order valence-electron chi connectivity index (χ4n) is 4.03. The van der Waals surface area contributed by atoms with Gasteiger partial charge in [0.05, 0.1) is 24.2 Å². The lowest BCUT2D eigenvalue weighted by Crippen LogP contribution is -2.47. The van der Waals surface area contributed by atoms with Gasteiger partial charge in [0.15, 0.2) is 0 Å². The first-order valence-corrected chi connectivity index (χ1v) is 9.75. The minimum Gasteiger partial charge on any atom is -0.212 e. The summed E-state index contributed by atoms with van der Waals surface area (Å²) in [6.45, 7) is 0. The Morgan fingerprint density at radius 2 is 1.58 bits per heavy atom. The van der Waals surface area contributed by atoms with E-state index in [1.807, 2.05) is 0 Å². The van der Waals surface area contributed by atoms with E-state index < -0.39 is 10.0 Å². The molecule has 24 heavy (non-hydrogen) atoms. The Labute approximate surface area is 140 Å². The van der Waals surface area contributed by atoms with Crippen molar-refractivity contribution < 1.29 is 12.8 Å². The maximum Gasteiger partial charge on any atom is 0.218 e. The average molecular weight is 350 g/mol. The number of sulfonamides is 1. The molecule has 2 fully saturated rings. The molecule has 0 amide bonds. The highest BCUT2D eigenvalue weighted by molar-refractivity contribution is 7.88. The minimum absolute atomic E-state index is 0.00481. The van der Waals surface area contributed by atoms with Crippen LogP contribution in [0, 0.1) is 5.82 Å². The summed E-state index contributed by atoms with van der Waals surface area (Å²) in [7, 11) is -3.42. The Kier molecular flexibility index (Phi) is 3.88. The van der Waals surface area contributed by atoms with Gasteiger partial charge >= 0.3 is 0 Å². The van der Waals surface area contributed by atoms with Gasteiger partial charge < -0.3 is 0 Å². The summed E-state index contributed by atoms with van der Waals surface area (Å²) in [5.74, 6) is -0.436. The largest absolute Gasteiger partial charge is 0.218 e. The molecule has 3 heterocycles. The quantitative estimate of drug-likeness (QED) is 0.847. The minimum atomic E-state index is -3.42. The third kappa shape index (κ3) is 2.84. The van der Waals surface area contributed by atoms with Crippen LogP contribution >= 0.6 is 0 Å². The van der Waals surface area contributed by atoms with Crippen molar-refractivity contribution in [3.05, 3.63) is 48.0 Å². The van der Waals surface area contributed by atoms with Gasteiger partial charge in [0.1, 0.15) is 5.82 Å². The van der Waals surface area contributed by atoms with Gasteiger partial charge in [0, 0.05) is 12.1 Å². The number of rotatable bonds is 4. The molecule has 0 saturated carbocycles. The van der Waals surface area contributed by atoms with Crippen LogP contribution in [0.3, 0.4) is 0 Å². The van der Waals surface area contributed by atoms with Gasteiger partial charge in [0.25, 0.3) is 0 Å². The van der Waals surface area contributed by atoms with Gasteiger partial charge in [-0.2, -0.15) is 19.3 Å². The summed E-state index contributed by atoms with van der Waals surface area (Å²) >= 11 is 0. The van der Waals surface area contributed by atoms with Gasteiger partial charge in [-0.1, -0.05) is 12.1 Å². The van der Waals surface area contributed by atoms with Crippen LogP contribution in [0.1, 0.15) is 37.3 Å². The fourth-order valence-corrected chi connectivity index (χ4v) is 6.08. The molecule has 0 radical (unpaired) electrons. The van der Waals surface area contributed by atoms with E-state index in [0.717, 1.165) is 25.7 Å². The molecule has 6 nitrogen and oxygen atoms in total. The number of benzene rings is 1. The van der Waals surface area contributed by atoms with Crippen molar-refractivity contribution in [3.8, 4) is 0 Å². The normalized spacial score (nSPS) is 27.5. The Bertz CT molecular complexity index is 793. The molecule has 8 heteroatoms. The summed E-state index contributed by atoms with van der Waals surface area (Å²) in [5.41, 5.74) is 0.617. The lowest BCUT2D eigenvalue weighted by Gasteiger charge is -2.37. The molecule has 2 aliphatic rings. The molecular weight excluding hydrogens is 331 g/mol. The van der Waals surface area contributed by atoms with E-state index in [-0.39, 0.29) is 29.7 Å². The second-order valence-corrected chi connectivity index (χ2v) is 8.45. The predicted molar refractivity (Wildman–Crippen MR) is 86.0 cm³/mol. The molecule has 2 bridgehead atoms. The van der Waals surface area contributed by atoms with Crippen LogP contribution in [0.2, 0.25) is 0 Å². The van der Waals surface area contributed by atoms with E-state index in [4.69, 9.17) is 0 Å². The zero-order valence-corrected chi connectivity index (χ0v) is 13.9. The van der Waals surface area contributed by atoms with Crippen molar-refractivity contribution in [1.29, 1.82) is 0 Å². The van der Waals surface area contributed by atoms with Gasteiger partial charge in [-0.15, -0.1) is 0 Å². The molecule has 1 aromatic heterocycles. The molecule has 0 aliphatic carbocycles. The molecule has 2 aliphatic heterocycles. The van der Waals surface area contributed by atoms with E-state index >= 15 is 0 Å². The Morgan fingerprint density at radius 3 is 2.17 bits per heavy atom. The lowest BCUT2D eigenvalue weighted by molar-refractivity contribution is 0.174. The third-order valence-corrected chi connectivity index (χ3v) is 6.92. The molecule has 2 unspecified atom stereocenters. The van der Waals surface area contributed by atoms with Crippen LogP contribution in [0.15, 0.2) is 36.7 Å². The van der Waals surface area contributed by atoms with Crippen LogP contribution in [0.5, 0.6) is 0 Å². The fraction of sp³-hybridized carbons (Fsp3) is 0.500. The van der Waals surface area contributed by atoms with Gasteiger partial charge in [-0.05, 0) is 43.4 Å². The molecule has 1 aromatic carbocycles. The number of nitrogens with zero attached hydrogens (tertiary/aromatic N) is 4. The molecule has 2 aromatic rings. The number of halogens is 1. The summed E-state index contributed by atoms with van der Waals surface area (Å²) in [6.07, 6.45) is 6.55. The maximum absolute atomic E-state index is 13.0. The summed E-state index contributed by atoms with van der Waals surface area (Å²) in [5, 5.41) is 8.40. The number of aromatic nitrogens is 3. The summed E-state index contributed by atoms with van der Waals surface area (Å²) in [4.78, 5) is 1.70. The first-order chi connectivity index (χ1) is 11.5. The van der Waals surface area contributed by atoms with Crippen molar-refractivity contribution >= 4 is 10.0 Å². The molecule has 4 rings (SSSR count). The lowest BCUT2D eigenvalue weighted by atomic mass is 10.0. The highest BCUT2D eigenvalue weighted by Gasteiger charge is 2.47. The molecule has 0 spiro atoms. The number of hydrogen-bond acceptors (Lipinski definition) is 4. The van der Waals surface area contributed by atoms with E-state index in [2.05, 4.69) is 10.2 Å². The van der Waals surface area contributed by atoms with E-state index in [9.17, 15) is 12.8 Å². The highest BCUT2D eigenvalue weighted by atomic mass is 32.2. The van der Waals surface area contributed by atoms with E-state index in [1.165, 1.54) is 24.3 Å². The monoisotopic (exact) mass is 350 g/mol. The molecular formula is C16H19FN4O2S. The van der Waals surface area contributed by atoms with E-state index in [1.54, 1.807) is 21.5 Å². The average Bonchev–Trinajstić information content (AvgIpc) is 3.17. The predicted octanol–water partition coefficient (Wildman–Crippen LogP) is 2.12. The number of piperidine rings is 1. The van der Waals surface area contributed by atoms with Crippen molar-refractivity contribution in [2.75, 3.05) is 0 Å². The van der Waals surface area contributed by atoms with Crippen LogP contribution in [0.4, 0.5) is 4.39 Å². The molecule has 2 saturated heterocycles. The van der Waals surface area contributed by atoms with Crippen molar-refractivity contribution in [1.82, 2.24) is 19.3 Å². The van der Waals surface area contributed by atoms with Gasteiger partial charge in [0.2, 0.25) is 10.0 Å². The Hall–Kier alpha value is -1.80. The Morgan fingerprint density at radius 1 is 1.00 bits per heavy atom. The molecule has 128 valence electrons. The Balaban J connectivity index is 1.53. The SMILES string of the molecule is O=S(=O)(Cc1ccc(F)cc1)N1C2CCC1CC(n1nccn1)C2. The smallest absolute Gasteiger partial charge is 0.212 e. The molecule has 0 N–H and O–H groups in total. The second kappa shape index (κ2) is 5.93. The zero-order chi connectivity index (χ0) is 16.7. The standard InChI is InChI=1S/C16H19FN4O2S/c17-13-3-1-12(2-4-13)11-24(22,23)20-14-5-6-15(20)10-16(9-14)21-18-7-8-19-21/h1-4,7-8,14-16H,5-6,9-11H2. The van der Waals surface area contributed by atoms with Crippen LogP contribution < -0.4 is 0 Å². The van der Waals surface area contributed by atoms with Crippen LogP contribution in [-0.4, -0.2) is 39.8 Å².